The van der Waals surface area contributed by atoms with E-state index < -0.39 is 21.7 Å². The number of benzene rings is 6. The molecule has 3 heterocycles. The van der Waals surface area contributed by atoms with Gasteiger partial charge in [0.05, 0.1) is 0 Å². The van der Waals surface area contributed by atoms with Gasteiger partial charge in [0.15, 0.2) is 0 Å². The van der Waals surface area contributed by atoms with Gasteiger partial charge in [-0.1, -0.05) is 46.7 Å². The number of fused-ring (bicyclic) bond motifs is 2. The Hall–Kier alpha value is -5.27. The fourth-order valence-corrected chi connectivity index (χ4v) is 14.9. The Balaban J connectivity index is 0.000000359. The summed E-state index contributed by atoms with van der Waals surface area (Å²) >= 11 is 8.04. The van der Waals surface area contributed by atoms with E-state index in [9.17, 15) is 0 Å². The summed E-state index contributed by atoms with van der Waals surface area (Å²) in [5.41, 5.74) is 7.57. The molecule has 1 N–H and O–H groups in total. The van der Waals surface area contributed by atoms with Crippen LogP contribution < -0.4 is 15.1 Å². The molecule has 0 atom stereocenters. The summed E-state index contributed by atoms with van der Waals surface area (Å²) in [5, 5.41) is 31.3. The van der Waals surface area contributed by atoms with Crippen LogP contribution in [0.2, 0.25) is 10.0 Å². The average molecular weight is 1240 g/mol. The predicted molar refractivity (Wildman–Crippen MR) is 301 cm³/mol. The standard InChI is InChI=1S/2C20H24ClN3O.C14H11N3O2.2C2H6N.2Zr/c2*1-19(2,3)12-9-14(20(4,5)6)18(25)17(10-12)24-22-15-8-7-13(21)11-16(15)23-24;1-3-7-11(8-4-1)18-13-14(16-17-15-13)19-12-9-5-2-6-10-12;2*1-3-2;;/h2*7-11,25H,1-6H3;1-10H,(H,15,16,17);2*1-2H3;;/q;;;2*-1;;+4/p-2. The third-order valence-corrected chi connectivity index (χ3v) is 20.9. The van der Waals surface area contributed by atoms with Crippen molar-refractivity contribution in [3.05, 3.63) is 154 Å². The minimum absolute atomic E-state index is 0. The first kappa shape index (κ1) is 59.4. The molecular formula is C58H69Cl2N11O4Zr2. The zero-order valence-corrected chi connectivity index (χ0v) is 53.3. The van der Waals surface area contributed by atoms with Crippen LogP contribution in [-0.2, 0) is 69.6 Å². The van der Waals surface area contributed by atoms with Gasteiger partial charge in [-0.15, -0.1) is 0 Å². The summed E-state index contributed by atoms with van der Waals surface area (Å²) < 4.78 is 31.0. The number of aromatic nitrogens is 9. The number of hydrogen-bond acceptors (Lipinski definition) is 12. The molecule has 0 radical (unpaired) electrons. The van der Waals surface area contributed by atoms with E-state index in [4.69, 9.17) is 58.7 Å². The topological polar surface area (TPSA) is 146 Å². The third kappa shape index (κ3) is 13.6. The van der Waals surface area contributed by atoms with Crippen molar-refractivity contribution in [3.63, 3.8) is 0 Å². The molecule has 0 amide bonds. The van der Waals surface area contributed by atoms with Crippen LogP contribution in [0, 0.1) is 0 Å². The van der Waals surface area contributed by atoms with Crippen LogP contribution in [-0.4, -0.2) is 79.3 Å². The summed E-state index contributed by atoms with van der Waals surface area (Å²) in [4.78, 5) is 3.38. The smallest absolute Gasteiger partial charge is 0.304 e. The second-order valence-corrected chi connectivity index (χ2v) is 32.3. The van der Waals surface area contributed by atoms with Gasteiger partial charge in [-0.3, -0.25) is 0 Å². The molecule has 0 saturated heterocycles. The molecule has 0 aliphatic heterocycles. The zero-order valence-electron chi connectivity index (χ0n) is 46.9. The van der Waals surface area contributed by atoms with Gasteiger partial charge in [0.2, 0.25) is 0 Å². The summed E-state index contributed by atoms with van der Waals surface area (Å²) in [6, 6.07) is 38.7. The van der Waals surface area contributed by atoms with Crippen molar-refractivity contribution < 1.29 is 63.0 Å². The van der Waals surface area contributed by atoms with E-state index in [1.165, 1.54) is 0 Å². The van der Waals surface area contributed by atoms with Crippen molar-refractivity contribution in [1.29, 1.82) is 0 Å². The van der Waals surface area contributed by atoms with Crippen LogP contribution in [0.3, 0.4) is 0 Å². The van der Waals surface area contributed by atoms with Crippen LogP contribution in [0.1, 0.15) is 105 Å². The number of nitrogens with zero attached hydrogens (tertiary/aromatic N) is 10. The van der Waals surface area contributed by atoms with Crippen LogP contribution in [0.4, 0.5) is 0 Å². The molecule has 0 spiro atoms. The Morgan fingerprint density at radius 1 is 0.481 bits per heavy atom. The van der Waals surface area contributed by atoms with Crippen LogP contribution in [0.5, 0.6) is 34.8 Å². The number of aromatic amines is 1. The summed E-state index contributed by atoms with van der Waals surface area (Å²) in [6.07, 6.45) is 0. The van der Waals surface area contributed by atoms with E-state index >= 15 is 0 Å². The number of para-hydroxylation sites is 2. The summed E-state index contributed by atoms with van der Waals surface area (Å²) in [5.74, 6) is 3.37. The maximum atomic E-state index is 7.74. The van der Waals surface area contributed by atoms with Gasteiger partial charge >= 0.3 is 363 Å². The first-order chi connectivity index (χ1) is 35.6. The van der Waals surface area contributed by atoms with Gasteiger partial charge in [-0.2, -0.15) is 0 Å². The van der Waals surface area contributed by atoms with Gasteiger partial charge in [0, 0.05) is 26.2 Å². The Kier molecular flexibility index (Phi) is 17.9. The number of rotatable bonds is 12. The fourth-order valence-electron chi connectivity index (χ4n) is 8.31. The van der Waals surface area contributed by atoms with E-state index in [1.807, 2.05) is 125 Å². The first-order valence-electron chi connectivity index (χ1n) is 25.1. The molecule has 0 bridgehead atoms. The van der Waals surface area contributed by atoms with E-state index in [0.29, 0.717) is 55.8 Å². The predicted octanol–water partition coefficient (Wildman–Crippen LogP) is 14.4. The molecule has 9 rings (SSSR count). The maximum Gasteiger partial charge on any atom is 0.304 e. The molecule has 77 heavy (non-hydrogen) atoms. The molecule has 0 fully saturated rings. The maximum absolute atomic E-state index is 7.74. The monoisotopic (exact) mass is 1230 g/mol. The van der Waals surface area contributed by atoms with Crippen LogP contribution >= 0.6 is 23.2 Å². The third-order valence-electron chi connectivity index (χ3n) is 12.6. The minimum Gasteiger partial charge on any atom is -0.435 e. The molecule has 0 aliphatic rings. The zero-order chi connectivity index (χ0) is 55.1. The molecule has 0 saturated carbocycles. The van der Waals surface area contributed by atoms with Gasteiger partial charge in [0.25, 0.3) is 5.88 Å². The SMILES string of the molecule is C[N](C)[Zr]([O]c1c(-n2nc3ccc(Cl)cc3n2)cc(C(C)(C)C)cc1C(C)(C)C)([O]c1c(-n2nc3ccc(Cl)cc3n2)cc(C(C)(C)C)cc1C(C)(C)C)[N](C)C.[Zr].c1ccc(Oc2nn[nH]c2Oc2ccccc2)cc1. The average Bonchev–Trinajstić information content (AvgIpc) is 4.09. The molecule has 0 unspecified atom stereocenters. The number of hydrogen-bond donors (Lipinski definition) is 1. The molecule has 15 nitrogen and oxygen atoms in total. The molecule has 19 heteroatoms. The van der Waals surface area contributed by atoms with Crippen molar-refractivity contribution in [2.45, 2.75) is 105 Å². The van der Waals surface area contributed by atoms with Gasteiger partial charge in [-0.25, -0.2) is 5.10 Å². The van der Waals surface area contributed by atoms with E-state index in [0.717, 1.165) is 44.7 Å². The second-order valence-electron chi connectivity index (χ2n) is 23.3. The molecule has 9 aromatic rings. The Morgan fingerprint density at radius 3 is 1.25 bits per heavy atom. The number of halogens is 2. The molecule has 6 aromatic carbocycles. The van der Waals surface area contributed by atoms with Crippen molar-refractivity contribution >= 4 is 45.3 Å². The summed E-state index contributed by atoms with van der Waals surface area (Å²) in [6.45, 7) is 26.6. The number of ether oxygens (including phenoxy) is 2. The van der Waals surface area contributed by atoms with Crippen molar-refractivity contribution in [1.82, 2.24) is 51.1 Å². The first-order valence-corrected chi connectivity index (χ1v) is 30.1. The van der Waals surface area contributed by atoms with Crippen molar-refractivity contribution in [2.75, 3.05) is 28.2 Å². The molecular weight excluding hydrogens is 1170 g/mol. The second kappa shape index (κ2) is 23.2. The Morgan fingerprint density at radius 2 is 0.870 bits per heavy atom. The Labute approximate surface area is 488 Å². The fraction of sp³-hybridized carbons (Fsp3) is 0.345. The van der Waals surface area contributed by atoms with Gasteiger partial charge in [-0.05, 0) is 24.3 Å². The van der Waals surface area contributed by atoms with Gasteiger partial charge < -0.3 is 9.47 Å². The molecule has 3 aromatic heterocycles. The van der Waals surface area contributed by atoms with E-state index in [-0.39, 0.29) is 47.9 Å². The molecule has 0 aliphatic carbocycles. The van der Waals surface area contributed by atoms with Crippen molar-refractivity contribution in [2.24, 2.45) is 0 Å². The Bertz CT molecular complexity index is 3260. The van der Waals surface area contributed by atoms with Crippen molar-refractivity contribution in [3.8, 4) is 46.1 Å². The molecule has 402 valence electrons. The van der Waals surface area contributed by atoms with Crippen LogP contribution in [0.15, 0.2) is 121 Å². The van der Waals surface area contributed by atoms with Crippen LogP contribution in [0.25, 0.3) is 33.4 Å². The normalized spacial score (nSPS) is 12.4. The largest absolute Gasteiger partial charge is 0.435 e. The quantitative estimate of drug-likeness (QED) is 0.124. The van der Waals surface area contributed by atoms with E-state index in [2.05, 4.69) is 128 Å². The van der Waals surface area contributed by atoms with E-state index in [1.54, 1.807) is 9.59 Å². The number of H-pyrrole nitrogens is 1. The number of nitrogens with one attached hydrogen (secondary N) is 1. The summed E-state index contributed by atoms with van der Waals surface area (Å²) in [7, 11) is 8.17. The van der Waals surface area contributed by atoms with Gasteiger partial charge in [0.1, 0.15) is 11.5 Å². The minimum atomic E-state index is -4.83.